The highest BCUT2D eigenvalue weighted by Gasteiger charge is 2.41. The number of hydrogen-bond acceptors (Lipinski definition) is 2. The molecule has 1 aliphatic rings. The predicted octanol–water partition coefficient (Wildman–Crippen LogP) is 6.86. The van der Waals surface area contributed by atoms with Crippen molar-refractivity contribution in [2.45, 2.75) is 110 Å². The largest absolute Gasteiger partial charge is 0.547 e. The fourth-order valence-electron chi connectivity index (χ4n) is 2.26. The SMILES string of the molecule is CC(C)(C)[Si](C)(C)OC1=CC[C@H](O[Si](C)(C)C(C)(C)C)CCC1. The summed E-state index contributed by atoms with van der Waals surface area (Å²) in [5.74, 6) is 1.22. The summed E-state index contributed by atoms with van der Waals surface area (Å²) in [5, 5.41) is 0.542. The first kappa shape index (κ1) is 21.0. The summed E-state index contributed by atoms with van der Waals surface area (Å²) in [6, 6.07) is 0. The topological polar surface area (TPSA) is 18.5 Å². The van der Waals surface area contributed by atoms with E-state index in [-0.39, 0.29) is 10.1 Å². The van der Waals surface area contributed by atoms with Gasteiger partial charge in [0.2, 0.25) is 8.32 Å². The fourth-order valence-corrected chi connectivity index (χ4v) is 4.81. The summed E-state index contributed by atoms with van der Waals surface area (Å²) in [6.45, 7) is 23.3. The lowest BCUT2D eigenvalue weighted by Gasteiger charge is -2.39. The molecular weight excluding hydrogens is 316 g/mol. The first-order valence-electron chi connectivity index (χ1n) is 9.22. The minimum absolute atomic E-state index is 0.261. The lowest BCUT2D eigenvalue weighted by Crippen LogP contribution is -2.43. The zero-order chi connectivity index (χ0) is 18.1. The highest BCUT2D eigenvalue weighted by atomic mass is 28.4. The second-order valence-corrected chi connectivity index (χ2v) is 19.6. The van der Waals surface area contributed by atoms with Crippen LogP contribution in [0.3, 0.4) is 0 Å². The molecule has 0 N–H and O–H groups in total. The highest BCUT2D eigenvalue weighted by molar-refractivity contribution is 6.74. The standard InChI is InChI=1S/C19H40O2Si2/c1-18(2,3)22(7,8)20-16-12-11-13-17(15-14-16)21-23(9,10)19(4,5)6/h14,17H,11-13,15H2,1-10H3/t17-/m1/s1. The molecule has 0 aromatic rings. The third-order valence-electron chi connectivity index (χ3n) is 6.02. The number of allylic oxidation sites excluding steroid dienone is 1. The molecule has 1 aliphatic carbocycles. The first-order chi connectivity index (χ1) is 10.2. The van der Waals surface area contributed by atoms with Crippen molar-refractivity contribution in [1.29, 1.82) is 0 Å². The van der Waals surface area contributed by atoms with Gasteiger partial charge in [-0.25, -0.2) is 0 Å². The Balaban J connectivity index is 2.73. The van der Waals surface area contributed by atoms with Crippen LogP contribution in [-0.2, 0) is 8.85 Å². The molecular formula is C19H40O2Si2. The van der Waals surface area contributed by atoms with Gasteiger partial charge in [0, 0.05) is 12.5 Å². The van der Waals surface area contributed by atoms with Gasteiger partial charge in [-0.05, 0) is 61.6 Å². The summed E-state index contributed by atoms with van der Waals surface area (Å²) in [7, 11) is -3.39. The van der Waals surface area contributed by atoms with E-state index in [1.54, 1.807) is 0 Å². The molecule has 0 radical (unpaired) electrons. The Morgan fingerprint density at radius 2 is 1.43 bits per heavy atom. The summed E-state index contributed by atoms with van der Waals surface area (Å²) in [6.07, 6.45) is 7.12. The third-order valence-corrected chi connectivity index (χ3v) is 14.9. The Morgan fingerprint density at radius 1 is 0.913 bits per heavy atom. The number of hydrogen-bond donors (Lipinski definition) is 0. The van der Waals surface area contributed by atoms with E-state index in [0.717, 1.165) is 19.3 Å². The maximum absolute atomic E-state index is 6.62. The van der Waals surface area contributed by atoms with Crippen molar-refractivity contribution in [2.75, 3.05) is 0 Å². The molecule has 1 atom stereocenters. The van der Waals surface area contributed by atoms with Gasteiger partial charge in [-0.1, -0.05) is 41.5 Å². The summed E-state index contributed by atoms with van der Waals surface area (Å²) < 4.78 is 13.1. The van der Waals surface area contributed by atoms with E-state index >= 15 is 0 Å². The second kappa shape index (κ2) is 7.05. The van der Waals surface area contributed by atoms with Crippen molar-refractivity contribution in [3.63, 3.8) is 0 Å². The van der Waals surface area contributed by atoms with Gasteiger partial charge in [-0.3, -0.25) is 0 Å². The van der Waals surface area contributed by atoms with Crippen LogP contribution in [-0.4, -0.2) is 22.7 Å². The highest BCUT2D eigenvalue weighted by Crippen LogP contribution is 2.41. The van der Waals surface area contributed by atoms with Crippen LogP contribution in [0.5, 0.6) is 0 Å². The normalized spacial score (nSPS) is 21.7. The molecule has 4 heteroatoms. The molecule has 0 amide bonds. The van der Waals surface area contributed by atoms with Gasteiger partial charge in [0.1, 0.15) is 0 Å². The van der Waals surface area contributed by atoms with Crippen LogP contribution in [0.2, 0.25) is 36.3 Å². The van der Waals surface area contributed by atoms with Gasteiger partial charge >= 0.3 is 0 Å². The molecule has 0 bridgehead atoms. The van der Waals surface area contributed by atoms with E-state index in [1.807, 2.05) is 0 Å². The van der Waals surface area contributed by atoms with Crippen molar-refractivity contribution in [3.05, 3.63) is 11.8 Å². The summed E-state index contributed by atoms with van der Waals surface area (Å²) >= 11 is 0. The summed E-state index contributed by atoms with van der Waals surface area (Å²) in [4.78, 5) is 0. The molecule has 0 saturated heterocycles. The lowest BCUT2D eigenvalue weighted by molar-refractivity contribution is 0.173. The molecule has 0 unspecified atom stereocenters. The molecule has 0 heterocycles. The maximum atomic E-state index is 6.62. The van der Waals surface area contributed by atoms with E-state index < -0.39 is 16.6 Å². The fraction of sp³-hybridized carbons (Fsp3) is 0.895. The molecule has 0 aromatic carbocycles. The Hall–Kier alpha value is -0.0662. The average molecular weight is 357 g/mol. The zero-order valence-electron chi connectivity index (χ0n) is 17.3. The van der Waals surface area contributed by atoms with Crippen LogP contribution in [0.25, 0.3) is 0 Å². The molecule has 2 nitrogen and oxygen atoms in total. The molecule has 0 aromatic heterocycles. The lowest BCUT2D eigenvalue weighted by atomic mass is 10.2. The van der Waals surface area contributed by atoms with Crippen LogP contribution >= 0.6 is 0 Å². The number of rotatable bonds is 4. The van der Waals surface area contributed by atoms with Crippen LogP contribution in [0.1, 0.15) is 67.2 Å². The molecule has 0 aliphatic heterocycles. The van der Waals surface area contributed by atoms with E-state index in [4.69, 9.17) is 8.85 Å². The third kappa shape index (κ3) is 5.75. The van der Waals surface area contributed by atoms with E-state index in [0.29, 0.717) is 6.10 Å². The van der Waals surface area contributed by atoms with Crippen LogP contribution in [0.15, 0.2) is 11.8 Å². The monoisotopic (exact) mass is 356 g/mol. The zero-order valence-corrected chi connectivity index (χ0v) is 19.3. The molecule has 0 spiro atoms. The van der Waals surface area contributed by atoms with E-state index in [9.17, 15) is 0 Å². The quantitative estimate of drug-likeness (QED) is 0.512. The first-order valence-corrected chi connectivity index (χ1v) is 15.0. The van der Waals surface area contributed by atoms with Crippen molar-refractivity contribution < 1.29 is 8.85 Å². The summed E-state index contributed by atoms with van der Waals surface area (Å²) in [5.41, 5.74) is 0. The minimum Gasteiger partial charge on any atom is -0.547 e. The van der Waals surface area contributed by atoms with Crippen molar-refractivity contribution in [1.82, 2.24) is 0 Å². The molecule has 23 heavy (non-hydrogen) atoms. The smallest absolute Gasteiger partial charge is 0.250 e. The van der Waals surface area contributed by atoms with Gasteiger partial charge in [0.15, 0.2) is 8.32 Å². The second-order valence-electron chi connectivity index (χ2n) is 10.2. The van der Waals surface area contributed by atoms with Gasteiger partial charge in [-0.2, -0.15) is 0 Å². The Bertz CT molecular complexity index is 426. The Morgan fingerprint density at radius 3 is 1.91 bits per heavy atom. The van der Waals surface area contributed by atoms with Gasteiger partial charge in [0.25, 0.3) is 0 Å². The molecule has 1 rings (SSSR count). The van der Waals surface area contributed by atoms with Crippen LogP contribution in [0, 0.1) is 0 Å². The average Bonchev–Trinajstić information content (AvgIpc) is 2.51. The van der Waals surface area contributed by atoms with Crippen molar-refractivity contribution in [3.8, 4) is 0 Å². The molecule has 136 valence electrons. The maximum Gasteiger partial charge on any atom is 0.250 e. The molecule has 0 fully saturated rings. The van der Waals surface area contributed by atoms with E-state index in [2.05, 4.69) is 73.8 Å². The molecule has 0 saturated carbocycles. The van der Waals surface area contributed by atoms with Crippen LogP contribution in [0.4, 0.5) is 0 Å². The predicted molar refractivity (Wildman–Crippen MR) is 107 cm³/mol. The Labute approximate surface area is 147 Å². The minimum atomic E-state index is -1.71. The van der Waals surface area contributed by atoms with Gasteiger partial charge < -0.3 is 8.85 Å². The van der Waals surface area contributed by atoms with Gasteiger partial charge in [0.05, 0.1) is 5.76 Å². The van der Waals surface area contributed by atoms with Crippen LogP contribution < -0.4 is 0 Å². The van der Waals surface area contributed by atoms with Gasteiger partial charge in [-0.15, -0.1) is 0 Å². The van der Waals surface area contributed by atoms with Crippen molar-refractivity contribution >= 4 is 16.6 Å². The Kier molecular flexibility index (Phi) is 6.43. The van der Waals surface area contributed by atoms with Crippen molar-refractivity contribution in [2.24, 2.45) is 0 Å². The van der Waals surface area contributed by atoms with E-state index in [1.165, 1.54) is 12.2 Å².